The standard InChI is InChI=1S/C23H24ClN3OS/c1-16-8-10-20(11-9-16)29-13-12-23(28)26-25-15-19-14-17(2)27(18(19)3)22-7-5-4-6-21(22)24/h4-11,14-15H,12-13H2,1-3H3,(H,26,28)/b25-15-. The second-order valence-electron chi connectivity index (χ2n) is 6.82. The maximum atomic E-state index is 12.0. The summed E-state index contributed by atoms with van der Waals surface area (Å²) in [4.78, 5) is 13.2. The molecule has 0 bridgehead atoms. The summed E-state index contributed by atoms with van der Waals surface area (Å²) in [5.41, 5.74) is 7.79. The van der Waals surface area contributed by atoms with E-state index in [0.29, 0.717) is 17.2 Å². The number of benzene rings is 2. The molecule has 29 heavy (non-hydrogen) atoms. The van der Waals surface area contributed by atoms with Gasteiger partial charge in [-0.2, -0.15) is 5.10 Å². The number of rotatable bonds is 7. The summed E-state index contributed by atoms with van der Waals surface area (Å²) >= 11 is 8.01. The van der Waals surface area contributed by atoms with Gasteiger partial charge in [0.25, 0.3) is 0 Å². The number of aromatic nitrogens is 1. The lowest BCUT2D eigenvalue weighted by molar-refractivity contribution is -0.120. The summed E-state index contributed by atoms with van der Waals surface area (Å²) in [5.74, 6) is 0.617. The van der Waals surface area contributed by atoms with E-state index >= 15 is 0 Å². The Morgan fingerprint density at radius 2 is 1.86 bits per heavy atom. The smallest absolute Gasteiger partial charge is 0.240 e. The third kappa shape index (κ3) is 5.52. The minimum atomic E-state index is -0.0965. The lowest BCUT2D eigenvalue weighted by Gasteiger charge is -2.11. The molecule has 1 aromatic heterocycles. The molecule has 3 aromatic rings. The molecule has 0 unspecified atom stereocenters. The first kappa shape index (κ1) is 21.2. The summed E-state index contributed by atoms with van der Waals surface area (Å²) < 4.78 is 2.09. The number of carbonyl (C=O) groups excluding carboxylic acids is 1. The SMILES string of the molecule is Cc1ccc(SCCC(=O)N/N=C\c2cc(C)n(-c3ccccc3Cl)c2C)cc1. The molecule has 2 aromatic carbocycles. The van der Waals surface area contributed by atoms with Crippen LogP contribution < -0.4 is 5.43 Å². The highest BCUT2D eigenvalue weighted by Crippen LogP contribution is 2.25. The van der Waals surface area contributed by atoms with Gasteiger partial charge >= 0.3 is 0 Å². The molecule has 6 heteroatoms. The van der Waals surface area contributed by atoms with Crippen molar-refractivity contribution in [1.82, 2.24) is 9.99 Å². The van der Waals surface area contributed by atoms with Crippen LogP contribution in [0.4, 0.5) is 0 Å². The Morgan fingerprint density at radius 3 is 2.59 bits per heavy atom. The fraction of sp³-hybridized carbons (Fsp3) is 0.217. The Hall–Kier alpha value is -2.50. The fourth-order valence-corrected chi connectivity index (χ4v) is 4.12. The number of aryl methyl sites for hydroxylation is 2. The third-order valence-corrected chi connectivity index (χ3v) is 5.91. The first-order valence-corrected chi connectivity index (χ1v) is 10.8. The largest absolute Gasteiger partial charge is 0.316 e. The number of hydrogen-bond donors (Lipinski definition) is 1. The lowest BCUT2D eigenvalue weighted by Crippen LogP contribution is -2.17. The lowest BCUT2D eigenvalue weighted by atomic mass is 10.2. The van der Waals surface area contributed by atoms with Crippen molar-refractivity contribution in [2.75, 3.05) is 5.75 Å². The average Bonchev–Trinajstić information content (AvgIpc) is 2.97. The maximum Gasteiger partial charge on any atom is 0.240 e. The van der Waals surface area contributed by atoms with E-state index in [-0.39, 0.29) is 5.91 Å². The van der Waals surface area contributed by atoms with E-state index in [4.69, 9.17) is 11.6 Å². The second kappa shape index (κ2) is 9.81. The van der Waals surface area contributed by atoms with Crippen molar-refractivity contribution >= 4 is 35.5 Å². The quantitative estimate of drug-likeness (QED) is 0.300. The molecule has 0 spiro atoms. The van der Waals surface area contributed by atoms with Gasteiger partial charge in [-0.25, -0.2) is 5.43 Å². The van der Waals surface area contributed by atoms with Gasteiger partial charge in [0.1, 0.15) is 0 Å². The summed E-state index contributed by atoms with van der Waals surface area (Å²) in [5, 5.41) is 4.82. The molecule has 150 valence electrons. The zero-order valence-electron chi connectivity index (χ0n) is 16.8. The van der Waals surface area contributed by atoms with Crippen LogP contribution in [-0.2, 0) is 4.79 Å². The van der Waals surface area contributed by atoms with Crippen LogP contribution in [0.2, 0.25) is 5.02 Å². The van der Waals surface area contributed by atoms with E-state index in [2.05, 4.69) is 46.3 Å². The van der Waals surface area contributed by atoms with Crippen LogP contribution in [0, 0.1) is 20.8 Å². The van der Waals surface area contributed by atoms with Crippen LogP contribution in [-0.4, -0.2) is 22.4 Å². The van der Waals surface area contributed by atoms with Crippen LogP contribution in [0.15, 0.2) is 64.6 Å². The molecule has 0 aliphatic heterocycles. The van der Waals surface area contributed by atoms with Crippen molar-refractivity contribution in [3.63, 3.8) is 0 Å². The highest BCUT2D eigenvalue weighted by molar-refractivity contribution is 7.99. The molecule has 4 nitrogen and oxygen atoms in total. The molecule has 0 atom stereocenters. The van der Waals surface area contributed by atoms with Crippen LogP contribution in [0.1, 0.15) is 28.9 Å². The number of para-hydroxylation sites is 1. The zero-order chi connectivity index (χ0) is 20.8. The molecule has 0 aliphatic carbocycles. The van der Waals surface area contributed by atoms with Gasteiger partial charge in [0.2, 0.25) is 5.91 Å². The van der Waals surface area contributed by atoms with Crippen molar-refractivity contribution in [1.29, 1.82) is 0 Å². The first-order chi connectivity index (χ1) is 14.0. The normalized spacial score (nSPS) is 11.2. The van der Waals surface area contributed by atoms with E-state index in [9.17, 15) is 4.79 Å². The van der Waals surface area contributed by atoms with Crippen molar-refractivity contribution < 1.29 is 4.79 Å². The molecule has 0 fully saturated rings. The van der Waals surface area contributed by atoms with E-state index in [1.807, 2.05) is 44.2 Å². The number of nitrogens with zero attached hydrogens (tertiary/aromatic N) is 2. The van der Waals surface area contributed by atoms with Crippen LogP contribution in [0.3, 0.4) is 0 Å². The number of halogens is 1. The van der Waals surface area contributed by atoms with E-state index < -0.39 is 0 Å². The van der Waals surface area contributed by atoms with Crippen LogP contribution in [0.5, 0.6) is 0 Å². The highest BCUT2D eigenvalue weighted by Gasteiger charge is 2.11. The third-order valence-electron chi connectivity index (χ3n) is 4.58. The van der Waals surface area contributed by atoms with Gasteiger partial charge in [-0.15, -0.1) is 11.8 Å². The molecule has 1 amide bonds. The van der Waals surface area contributed by atoms with Crippen LogP contribution >= 0.6 is 23.4 Å². The van der Waals surface area contributed by atoms with Gasteiger partial charge < -0.3 is 4.57 Å². The molecule has 3 rings (SSSR count). The minimum absolute atomic E-state index is 0.0965. The molecule has 1 N–H and O–H groups in total. The van der Waals surface area contributed by atoms with Gasteiger partial charge in [0.15, 0.2) is 0 Å². The second-order valence-corrected chi connectivity index (χ2v) is 8.39. The predicted octanol–water partition coefficient (Wildman–Crippen LogP) is 5.69. The van der Waals surface area contributed by atoms with Gasteiger partial charge in [-0.3, -0.25) is 4.79 Å². The minimum Gasteiger partial charge on any atom is -0.316 e. The summed E-state index contributed by atoms with van der Waals surface area (Å²) in [7, 11) is 0. The summed E-state index contributed by atoms with van der Waals surface area (Å²) in [6.07, 6.45) is 2.09. The van der Waals surface area contributed by atoms with Gasteiger partial charge in [0, 0.05) is 34.0 Å². The predicted molar refractivity (Wildman–Crippen MR) is 123 cm³/mol. The van der Waals surface area contributed by atoms with Crippen molar-refractivity contribution in [2.24, 2.45) is 5.10 Å². The zero-order valence-corrected chi connectivity index (χ0v) is 18.3. The fourth-order valence-electron chi connectivity index (χ4n) is 3.05. The molecular weight excluding hydrogens is 402 g/mol. The van der Waals surface area contributed by atoms with E-state index in [0.717, 1.165) is 22.6 Å². The Labute approximate surface area is 181 Å². The Morgan fingerprint density at radius 1 is 1.14 bits per heavy atom. The molecule has 1 heterocycles. The van der Waals surface area contributed by atoms with Crippen molar-refractivity contribution in [3.05, 3.63) is 82.1 Å². The van der Waals surface area contributed by atoms with Gasteiger partial charge in [-0.1, -0.05) is 41.4 Å². The molecule has 0 saturated carbocycles. The summed E-state index contributed by atoms with van der Waals surface area (Å²) in [6, 6.07) is 18.1. The highest BCUT2D eigenvalue weighted by atomic mass is 35.5. The first-order valence-electron chi connectivity index (χ1n) is 9.41. The van der Waals surface area contributed by atoms with E-state index in [1.165, 1.54) is 10.5 Å². The van der Waals surface area contributed by atoms with Gasteiger partial charge in [0.05, 0.1) is 16.9 Å². The maximum absolute atomic E-state index is 12.0. The molecule has 0 saturated heterocycles. The Kier molecular flexibility index (Phi) is 7.18. The number of hydrogen-bond acceptors (Lipinski definition) is 3. The van der Waals surface area contributed by atoms with E-state index in [1.54, 1.807) is 18.0 Å². The number of hydrazone groups is 1. The van der Waals surface area contributed by atoms with Crippen molar-refractivity contribution in [2.45, 2.75) is 32.1 Å². The Balaban J connectivity index is 1.56. The number of carbonyl (C=O) groups is 1. The topological polar surface area (TPSA) is 46.4 Å². The van der Waals surface area contributed by atoms with Crippen LogP contribution in [0.25, 0.3) is 5.69 Å². The molecule has 0 aliphatic rings. The molecular formula is C23H24ClN3OS. The summed E-state index contributed by atoms with van der Waals surface area (Å²) in [6.45, 7) is 6.10. The Bertz CT molecular complexity index is 1030. The number of thioether (sulfide) groups is 1. The number of amides is 1. The van der Waals surface area contributed by atoms with Crippen molar-refractivity contribution in [3.8, 4) is 5.69 Å². The van der Waals surface area contributed by atoms with Gasteiger partial charge in [-0.05, 0) is 51.1 Å². The average molecular weight is 426 g/mol. The monoisotopic (exact) mass is 425 g/mol. The molecule has 0 radical (unpaired) electrons. The number of nitrogens with one attached hydrogen (secondary N) is 1.